The summed E-state index contributed by atoms with van der Waals surface area (Å²) >= 11 is 0. The van der Waals surface area contributed by atoms with Crippen molar-refractivity contribution in [3.8, 4) is 11.5 Å². The zero-order valence-corrected chi connectivity index (χ0v) is 16.2. The molecule has 1 heterocycles. The van der Waals surface area contributed by atoms with Gasteiger partial charge in [0.25, 0.3) is 0 Å². The van der Waals surface area contributed by atoms with Crippen molar-refractivity contribution in [2.24, 2.45) is 0 Å². The molecule has 0 atom stereocenters. The highest BCUT2D eigenvalue weighted by Gasteiger charge is 2.02. The van der Waals surface area contributed by atoms with E-state index in [-0.39, 0.29) is 0 Å². The molecule has 1 aromatic heterocycles. The highest BCUT2D eigenvalue weighted by molar-refractivity contribution is 5.56. The van der Waals surface area contributed by atoms with E-state index in [1.54, 1.807) is 6.20 Å². The van der Waals surface area contributed by atoms with Crippen LogP contribution in [0.2, 0.25) is 0 Å². The maximum Gasteiger partial charge on any atom is 0.229 e. The van der Waals surface area contributed by atoms with Gasteiger partial charge in [-0.2, -0.15) is 4.98 Å². The van der Waals surface area contributed by atoms with Gasteiger partial charge in [-0.15, -0.1) is 0 Å². The number of rotatable bonds is 7. The SMILES string of the molecule is Cc1cccc(CNc2ccnc(Nc3ccc(Oc4ccccc4)cc3)n2)c1. The fourth-order valence-corrected chi connectivity index (χ4v) is 2.89. The Balaban J connectivity index is 1.37. The number of anilines is 3. The number of hydrogen-bond acceptors (Lipinski definition) is 5. The van der Waals surface area contributed by atoms with Gasteiger partial charge in [-0.1, -0.05) is 48.0 Å². The van der Waals surface area contributed by atoms with Gasteiger partial charge in [-0.25, -0.2) is 4.98 Å². The van der Waals surface area contributed by atoms with Crippen LogP contribution in [0.1, 0.15) is 11.1 Å². The summed E-state index contributed by atoms with van der Waals surface area (Å²) < 4.78 is 5.82. The molecule has 2 N–H and O–H groups in total. The summed E-state index contributed by atoms with van der Waals surface area (Å²) in [4.78, 5) is 8.83. The van der Waals surface area contributed by atoms with Crippen molar-refractivity contribution in [1.29, 1.82) is 0 Å². The van der Waals surface area contributed by atoms with Crippen molar-refractivity contribution in [2.75, 3.05) is 10.6 Å². The molecule has 0 aliphatic carbocycles. The van der Waals surface area contributed by atoms with Crippen LogP contribution in [-0.2, 0) is 6.54 Å². The third kappa shape index (κ3) is 5.32. The average Bonchev–Trinajstić information content (AvgIpc) is 2.75. The van der Waals surface area contributed by atoms with Crippen molar-refractivity contribution >= 4 is 17.5 Å². The van der Waals surface area contributed by atoms with E-state index < -0.39 is 0 Å². The lowest BCUT2D eigenvalue weighted by molar-refractivity contribution is 0.483. The minimum atomic E-state index is 0.538. The number of nitrogens with one attached hydrogen (secondary N) is 2. The lowest BCUT2D eigenvalue weighted by atomic mass is 10.1. The number of nitrogens with zero attached hydrogens (tertiary/aromatic N) is 2. The molecule has 0 aliphatic rings. The maximum atomic E-state index is 5.82. The monoisotopic (exact) mass is 382 g/mol. The Kier molecular flexibility index (Phi) is 5.67. The molecule has 0 aliphatic heterocycles. The Morgan fingerprint density at radius 3 is 2.41 bits per heavy atom. The highest BCUT2D eigenvalue weighted by atomic mass is 16.5. The number of aryl methyl sites for hydroxylation is 1. The van der Waals surface area contributed by atoms with Gasteiger partial charge >= 0.3 is 0 Å². The van der Waals surface area contributed by atoms with E-state index in [0.29, 0.717) is 12.5 Å². The Hall–Kier alpha value is -3.86. The zero-order chi connectivity index (χ0) is 19.9. The molecule has 0 saturated heterocycles. The topological polar surface area (TPSA) is 59.1 Å². The van der Waals surface area contributed by atoms with Crippen LogP contribution in [-0.4, -0.2) is 9.97 Å². The third-order valence-electron chi connectivity index (χ3n) is 4.30. The highest BCUT2D eigenvalue weighted by Crippen LogP contribution is 2.23. The van der Waals surface area contributed by atoms with Crippen LogP contribution in [0, 0.1) is 6.92 Å². The van der Waals surface area contributed by atoms with Gasteiger partial charge in [0.1, 0.15) is 17.3 Å². The van der Waals surface area contributed by atoms with Crippen LogP contribution >= 0.6 is 0 Å². The molecule has 4 rings (SSSR count). The largest absolute Gasteiger partial charge is 0.457 e. The fraction of sp³-hybridized carbons (Fsp3) is 0.0833. The van der Waals surface area contributed by atoms with E-state index in [9.17, 15) is 0 Å². The number of hydrogen-bond donors (Lipinski definition) is 2. The van der Waals surface area contributed by atoms with Gasteiger partial charge in [0.2, 0.25) is 5.95 Å². The van der Waals surface area contributed by atoms with Crippen molar-refractivity contribution in [1.82, 2.24) is 9.97 Å². The summed E-state index contributed by atoms with van der Waals surface area (Å²) in [6.45, 7) is 2.80. The molecule has 0 bridgehead atoms. The number of para-hydroxylation sites is 1. The quantitative estimate of drug-likeness (QED) is 0.415. The Morgan fingerprint density at radius 2 is 1.62 bits per heavy atom. The normalized spacial score (nSPS) is 10.4. The number of ether oxygens (including phenoxy) is 1. The minimum Gasteiger partial charge on any atom is -0.457 e. The molecule has 29 heavy (non-hydrogen) atoms. The van der Waals surface area contributed by atoms with Crippen molar-refractivity contribution in [3.63, 3.8) is 0 Å². The second-order valence-electron chi connectivity index (χ2n) is 6.67. The van der Waals surface area contributed by atoms with E-state index >= 15 is 0 Å². The Labute approximate surface area is 170 Å². The second kappa shape index (κ2) is 8.89. The molecule has 0 radical (unpaired) electrons. The summed E-state index contributed by atoms with van der Waals surface area (Å²) in [5.41, 5.74) is 3.35. The van der Waals surface area contributed by atoms with Crippen LogP contribution < -0.4 is 15.4 Å². The molecule has 0 amide bonds. The van der Waals surface area contributed by atoms with Crippen LogP contribution in [0.3, 0.4) is 0 Å². The van der Waals surface area contributed by atoms with Crippen molar-refractivity contribution in [3.05, 3.63) is 102 Å². The van der Waals surface area contributed by atoms with Gasteiger partial charge in [-0.05, 0) is 55.0 Å². The zero-order valence-electron chi connectivity index (χ0n) is 16.2. The average molecular weight is 382 g/mol. The molecule has 5 nitrogen and oxygen atoms in total. The first kappa shape index (κ1) is 18.5. The van der Waals surface area contributed by atoms with Crippen LogP contribution in [0.5, 0.6) is 11.5 Å². The van der Waals surface area contributed by atoms with Crippen molar-refractivity contribution < 1.29 is 4.74 Å². The van der Waals surface area contributed by atoms with E-state index in [1.165, 1.54) is 11.1 Å². The molecule has 0 spiro atoms. The van der Waals surface area contributed by atoms with Gasteiger partial charge in [0.05, 0.1) is 0 Å². The number of benzene rings is 3. The van der Waals surface area contributed by atoms with Crippen LogP contribution in [0.25, 0.3) is 0 Å². The molecule has 4 aromatic rings. The summed E-state index contributed by atoms with van der Waals surface area (Å²) in [5, 5.41) is 6.56. The predicted molar refractivity (Wildman–Crippen MR) is 117 cm³/mol. The molecular weight excluding hydrogens is 360 g/mol. The molecule has 0 saturated carbocycles. The van der Waals surface area contributed by atoms with Gasteiger partial charge in [0.15, 0.2) is 0 Å². The molecular formula is C24H22N4O. The molecule has 0 unspecified atom stereocenters. The molecule has 5 heteroatoms. The van der Waals surface area contributed by atoms with E-state index in [1.807, 2.05) is 60.7 Å². The van der Waals surface area contributed by atoms with E-state index in [4.69, 9.17) is 4.74 Å². The fourth-order valence-electron chi connectivity index (χ4n) is 2.89. The minimum absolute atomic E-state index is 0.538. The van der Waals surface area contributed by atoms with Gasteiger partial charge < -0.3 is 15.4 Å². The van der Waals surface area contributed by atoms with E-state index in [2.05, 4.69) is 51.8 Å². The van der Waals surface area contributed by atoms with E-state index in [0.717, 1.165) is 23.0 Å². The lowest BCUT2D eigenvalue weighted by Gasteiger charge is -2.10. The summed E-state index contributed by atoms with van der Waals surface area (Å²) in [6, 6.07) is 27.7. The number of aromatic nitrogens is 2. The predicted octanol–water partition coefficient (Wildman–Crippen LogP) is 5.93. The first-order chi connectivity index (χ1) is 14.2. The Morgan fingerprint density at radius 1 is 0.828 bits per heavy atom. The summed E-state index contributed by atoms with van der Waals surface area (Å²) in [5.74, 6) is 2.89. The van der Waals surface area contributed by atoms with Gasteiger partial charge in [-0.3, -0.25) is 0 Å². The third-order valence-corrected chi connectivity index (χ3v) is 4.30. The molecule has 3 aromatic carbocycles. The lowest BCUT2D eigenvalue weighted by Crippen LogP contribution is -2.04. The maximum absolute atomic E-state index is 5.82. The molecule has 144 valence electrons. The first-order valence-corrected chi connectivity index (χ1v) is 9.47. The molecule has 0 fully saturated rings. The first-order valence-electron chi connectivity index (χ1n) is 9.47. The van der Waals surface area contributed by atoms with Gasteiger partial charge in [0, 0.05) is 18.4 Å². The van der Waals surface area contributed by atoms with Crippen LogP contribution in [0.4, 0.5) is 17.5 Å². The second-order valence-corrected chi connectivity index (χ2v) is 6.67. The smallest absolute Gasteiger partial charge is 0.229 e. The Bertz CT molecular complexity index is 1070. The summed E-state index contributed by atoms with van der Waals surface area (Å²) in [7, 11) is 0. The van der Waals surface area contributed by atoms with Crippen molar-refractivity contribution in [2.45, 2.75) is 13.5 Å². The van der Waals surface area contributed by atoms with Crippen LogP contribution in [0.15, 0.2) is 91.1 Å². The standard InChI is InChI=1S/C24H22N4O/c1-18-6-5-7-19(16-18)17-26-23-14-15-25-24(28-23)27-20-10-12-22(13-11-20)29-21-8-3-2-4-9-21/h2-16H,17H2,1H3,(H2,25,26,27,28). The summed E-state index contributed by atoms with van der Waals surface area (Å²) in [6.07, 6.45) is 1.74.